The van der Waals surface area contributed by atoms with Crippen LogP contribution in [0, 0.1) is 13.8 Å². The van der Waals surface area contributed by atoms with Crippen molar-refractivity contribution in [3.63, 3.8) is 0 Å². The van der Waals surface area contributed by atoms with Gasteiger partial charge >= 0.3 is 0 Å². The van der Waals surface area contributed by atoms with Gasteiger partial charge in [-0.05, 0) is 50.1 Å². The van der Waals surface area contributed by atoms with Gasteiger partial charge in [-0.2, -0.15) is 10.1 Å². The van der Waals surface area contributed by atoms with Gasteiger partial charge in [0.05, 0.1) is 25.5 Å². The second-order valence-electron chi connectivity index (χ2n) is 7.46. The summed E-state index contributed by atoms with van der Waals surface area (Å²) in [6.45, 7) is 5.75. The van der Waals surface area contributed by atoms with Gasteiger partial charge in [-0.25, -0.2) is 0 Å². The van der Waals surface area contributed by atoms with Crippen molar-refractivity contribution in [1.29, 1.82) is 0 Å². The lowest BCUT2D eigenvalue weighted by Crippen LogP contribution is -2.28. The predicted octanol–water partition coefficient (Wildman–Crippen LogP) is 4.33. The number of furan rings is 1. The smallest absolute Gasteiger partial charge is 0.255 e. The highest BCUT2D eigenvalue weighted by Crippen LogP contribution is 2.37. The highest BCUT2D eigenvalue weighted by Gasteiger charge is 2.26. The average Bonchev–Trinajstić information content (AvgIpc) is 3.30. The van der Waals surface area contributed by atoms with E-state index in [-0.39, 0.29) is 18.2 Å². The summed E-state index contributed by atoms with van der Waals surface area (Å²) in [6.07, 6.45) is 3.23. The first-order valence-corrected chi connectivity index (χ1v) is 9.89. The number of anilines is 1. The number of carbonyl (C=O) groups excluding carboxylic acids is 2. The number of hydrazone groups is 1. The minimum Gasteiger partial charge on any atom is -0.496 e. The van der Waals surface area contributed by atoms with E-state index in [9.17, 15) is 9.59 Å². The van der Waals surface area contributed by atoms with Gasteiger partial charge in [-0.1, -0.05) is 18.2 Å². The third kappa shape index (κ3) is 3.82. The van der Waals surface area contributed by atoms with Gasteiger partial charge in [-0.15, -0.1) is 0 Å². The van der Waals surface area contributed by atoms with Crippen LogP contribution in [-0.4, -0.2) is 24.8 Å². The first-order valence-electron chi connectivity index (χ1n) is 9.89. The number of hydrogen-bond acceptors (Lipinski definition) is 5. The summed E-state index contributed by atoms with van der Waals surface area (Å²) in [7, 11) is 1.60. The van der Waals surface area contributed by atoms with E-state index in [2.05, 4.69) is 10.4 Å². The maximum atomic E-state index is 12.6. The van der Waals surface area contributed by atoms with Gasteiger partial charge in [0.1, 0.15) is 17.2 Å². The van der Waals surface area contributed by atoms with Crippen LogP contribution in [0.25, 0.3) is 16.5 Å². The Bertz CT molecular complexity index is 1240. The van der Waals surface area contributed by atoms with Crippen molar-refractivity contribution in [2.75, 3.05) is 12.1 Å². The van der Waals surface area contributed by atoms with E-state index in [1.54, 1.807) is 25.5 Å². The number of allylic oxidation sites excluding steroid dienone is 1. The highest BCUT2D eigenvalue weighted by atomic mass is 16.5. The molecule has 2 amide bonds. The lowest BCUT2D eigenvalue weighted by Gasteiger charge is -2.13. The summed E-state index contributed by atoms with van der Waals surface area (Å²) in [4.78, 5) is 24.9. The lowest BCUT2D eigenvalue weighted by molar-refractivity contribution is -0.116. The third-order valence-electron chi connectivity index (χ3n) is 5.26. The molecule has 1 aromatic heterocycles. The maximum absolute atomic E-state index is 12.6. The molecule has 0 bridgehead atoms. The Morgan fingerprint density at radius 1 is 1.26 bits per heavy atom. The molecule has 0 radical (unpaired) electrons. The number of rotatable bonds is 4. The summed E-state index contributed by atoms with van der Waals surface area (Å²) in [6, 6.07) is 11.1. The van der Waals surface area contributed by atoms with E-state index in [4.69, 9.17) is 9.15 Å². The molecule has 0 spiro atoms. The van der Waals surface area contributed by atoms with Gasteiger partial charge in [0.15, 0.2) is 0 Å². The Labute approximate surface area is 180 Å². The van der Waals surface area contributed by atoms with Crippen LogP contribution in [0.1, 0.15) is 30.0 Å². The number of methoxy groups -OCH3 is 1. The Morgan fingerprint density at radius 3 is 2.71 bits per heavy atom. The van der Waals surface area contributed by atoms with E-state index in [1.165, 1.54) is 11.1 Å². The summed E-state index contributed by atoms with van der Waals surface area (Å²) in [5.74, 6) is 0.419. The largest absolute Gasteiger partial charge is 0.496 e. The molecule has 7 nitrogen and oxygen atoms in total. The zero-order valence-corrected chi connectivity index (χ0v) is 17.9. The molecule has 0 atom stereocenters. The number of carbonyl (C=O) groups is 2. The molecule has 0 saturated heterocycles. The monoisotopic (exact) mass is 417 g/mol. The number of amidine groups is 1. The van der Waals surface area contributed by atoms with Gasteiger partial charge < -0.3 is 14.5 Å². The molecule has 1 aliphatic rings. The maximum Gasteiger partial charge on any atom is 0.255 e. The van der Waals surface area contributed by atoms with E-state index in [0.717, 1.165) is 33.2 Å². The van der Waals surface area contributed by atoms with Crippen LogP contribution in [0.15, 0.2) is 58.3 Å². The van der Waals surface area contributed by atoms with E-state index in [1.807, 2.05) is 45.0 Å². The van der Waals surface area contributed by atoms with Crippen molar-refractivity contribution >= 4 is 39.9 Å². The summed E-state index contributed by atoms with van der Waals surface area (Å²) < 4.78 is 11.3. The van der Waals surface area contributed by atoms with Crippen LogP contribution in [-0.2, 0) is 9.59 Å². The van der Waals surface area contributed by atoms with Crippen LogP contribution in [0.2, 0.25) is 0 Å². The molecule has 158 valence electrons. The fraction of sp³-hybridized carbons (Fsp3) is 0.208. The lowest BCUT2D eigenvalue weighted by atomic mass is 9.98. The minimum atomic E-state index is -0.359. The van der Waals surface area contributed by atoms with Crippen molar-refractivity contribution in [2.24, 2.45) is 5.10 Å². The molecule has 2 heterocycles. The van der Waals surface area contributed by atoms with Crippen LogP contribution in [0.5, 0.6) is 5.75 Å². The molecule has 2 aromatic carbocycles. The number of fused-ring (bicyclic) bond motifs is 1. The summed E-state index contributed by atoms with van der Waals surface area (Å²) in [5, 5.41) is 9.25. The number of ether oxygens (including phenoxy) is 1. The van der Waals surface area contributed by atoms with Gasteiger partial charge in [0.2, 0.25) is 5.91 Å². The Kier molecular flexibility index (Phi) is 5.33. The topological polar surface area (TPSA) is 84.1 Å². The second kappa shape index (κ2) is 8.10. The standard InChI is InChI=1S/C24H23N3O4/c1-14(18-11-19-15(2)13-31-24(19)16(3)23(18)30-4)10-21(28)25-20-12-22(29)27(26-20)17-8-6-5-7-9-17/h5-11,13H,12H2,1-4H3,(H,25,26,28)/b14-10+. The number of aryl methyl sites for hydroxylation is 2. The molecule has 0 unspecified atom stereocenters. The predicted molar refractivity (Wildman–Crippen MR) is 120 cm³/mol. The van der Waals surface area contributed by atoms with Crippen LogP contribution < -0.4 is 15.1 Å². The molecular formula is C24H23N3O4. The normalized spacial score (nSPS) is 14.2. The molecule has 1 aliphatic heterocycles. The number of benzene rings is 2. The van der Waals surface area contributed by atoms with Crippen molar-refractivity contribution < 1.29 is 18.7 Å². The Morgan fingerprint density at radius 2 is 2.00 bits per heavy atom. The fourth-order valence-corrected chi connectivity index (χ4v) is 3.72. The van der Waals surface area contributed by atoms with E-state index in [0.29, 0.717) is 17.3 Å². The molecule has 0 saturated carbocycles. The molecule has 1 N–H and O–H groups in total. The first kappa shape index (κ1) is 20.4. The fourth-order valence-electron chi connectivity index (χ4n) is 3.72. The zero-order chi connectivity index (χ0) is 22.1. The molecule has 0 aliphatic carbocycles. The Balaban J connectivity index is 1.59. The number of para-hydroxylation sites is 1. The molecule has 0 fully saturated rings. The molecule has 4 rings (SSSR count). The van der Waals surface area contributed by atoms with Crippen LogP contribution in [0.4, 0.5) is 5.69 Å². The van der Waals surface area contributed by atoms with E-state index >= 15 is 0 Å². The SMILES string of the molecule is COc1c(/C(C)=C/C(=O)NC2=NN(c3ccccc3)C(=O)C2)cc2c(C)coc2c1C. The third-order valence-corrected chi connectivity index (χ3v) is 5.26. The van der Waals surface area contributed by atoms with Crippen LogP contribution in [0.3, 0.4) is 0 Å². The summed E-state index contributed by atoms with van der Waals surface area (Å²) >= 11 is 0. The van der Waals surface area contributed by atoms with Crippen LogP contribution >= 0.6 is 0 Å². The molecule has 31 heavy (non-hydrogen) atoms. The molecular weight excluding hydrogens is 394 g/mol. The van der Waals surface area contributed by atoms with Crippen molar-refractivity contribution in [1.82, 2.24) is 5.32 Å². The summed E-state index contributed by atoms with van der Waals surface area (Å²) in [5.41, 5.74) is 4.86. The average molecular weight is 417 g/mol. The molecule has 7 heteroatoms. The van der Waals surface area contributed by atoms with E-state index < -0.39 is 0 Å². The quantitative estimate of drug-likeness (QED) is 0.641. The van der Waals surface area contributed by atoms with Crippen molar-refractivity contribution in [3.05, 3.63) is 65.4 Å². The first-order chi connectivity index (χ1) is 14.9. The molecule has 3 aromatic rings. The van der Waals surface area contributed by atoms with Gasteiger partial charge in [0.25, 0.3) is 5.91 Å². The van der Waals surface area contributed by atoms with Crippen molar-refractivity contribution in [3.8, 4) is 5.75 Å². The Hall–Kier alpha value is -3.87. The number of hydrogen-bond donors (Lipinski definition) is 1. The van der Waals surface area contributed by atoms with Crippen molar-refractivity contribution in [2.45, 2.75) is 27.2 Å². The highest BCUT2D eigenvalue weighted by molar-refractivity contribution is 6.17. The minimum absolute atomic E-state index is 0.0378. The van der Waals surface area contributed by atoms with Gasteiger partial charge in [0, 0.05) is 22.6 Å². The second-order valence-corrected chi connectivity index (χ2v) is 7.46. The van der Waals surface area contributed by atoms with Gasteiger partial charge in [-0.3, -0.25) is 9.59 Å². The zero-order valence-electron chi connectivity index (χ0n) is 17.9. The number of nitrogens with zero attached hydrogens (tertiary/aromatic N) is 2. The number of amides is 2. The number of nitrogens with one attached hydrogen (secondary N) is 1.